The first-order valence-corrected chi connectivity index (χ1v) is 15.5. The van der Waals surface area contributed by atoms with Crippen molar-refractivity contribution in [2.45, 2.75) is 187 Å². The van der Waals surface area contributed by atoms with Crippen molar-refractivity contribution in [1.82, 2.24) is 0 Å². The number of rotatable bonds is 28. The molecule has 0 saturated carbocycles. The topological polar surface area (TPSA) is 26.3 Å². The second-order valence-corrected chi connectivity index (χ2v) is 10.5. The molecule has 0 amide bonds. The number of hydrogen-bond acceptors (Lipinski definition) is 2. The maximum Gasteiger partial charge on any atom is 0.305 e. The van der Waals surface area contributed by atoms with Crippen LogP contribution in [0, 0.1) is 0 Å². The summed E-state index contributed by atoms with van der Waals surface area (Å²) >= 11 is 0. The Bertz CT molecular complexity index is 366. The molecule has 0 spiro atoms. The number of carbonyl (C=O) groups is 1. The SMILES string of the molecule is CCCCCCCCCCCCCCCCCCCCC(=O)OCCCCCCCCCC. The summed E-state index contributed by atoms with van der Waals surface area (Å²) in [6.45, 7) is 5.18. The Labute approximate surface area is 209 Å². The Hall–Kier alpha value is -0.530. The molecular weight excluding hydrogens is 404 g/mol. The third kappa shape index (κ3) is 29.4. The second kappa shape index (κ2) is 29.5. The van der Waals surface area contributed by atoms with Crippen LogP contribution in [-0.4, -0.2) is 12.6 Å². The van der Waals surface area contributed by atoms with Crippen LogP contribution in [0.25, 0.3) is 0 Å². The van der Waals surface area contributed by atoms with Crippen molar-refractivity contribution in [2.24, 2.45) is 0 Å². The number of ether oxygens (including phenoxy) is 1. The van der Waals surface area contributed by atoms with E-state index in [1.165, 1.54) is 154 Å². The van der Waals surface area contributed by atoms with Crippen molar-refractivity contribution in [3.63, 3.8) is 0 Å². The average molecular weight is 467 g/mol. The molecule has 0 fully saturated rings. The van der Waals surface area contributed by atoms with Crippen LogP contribution in [0.1, 0.15) is 187 Å². The van der Waals surface area contributed by atoms with E-state index < -0.39 is 0 Å². The largest absolute Gasteiger partial charge is 0.466 e. The number of unbranched alkanes of at least 4 members (excludes halogenated alkanes) is 24. The lowest BCUT2D eigenvalue weighted by Crippen LogP contribution is -2.05. The summed E-state index contributed by atoms with van der Waals surface area (Å²) in [4.78, 5) is 11.8. The van der Waals surface area contributed by atoms with Gasteiger partial charge in [0.25, 0.3) is 0 Å². The Balaban J connectivity index is 3.12. The molecule has 33 heavy (non-hydrogen) atoms. The fourth-order valence-corrected chi connectivity index (χ4v) is 4.67. The van der Waals surface area contributed by atoms with Crippen LogP contribution < -0.4 is 0 Å². The highest BCUT2D eigenvalue weighted by atomic mass is 16.5. The summed E-state index contributed by atoms with van der Waals surface area (Å²) in [6, 6.07) is 0. The Morgan fingerprint density at radius 3 is 1.00 bits per heavy atom. The first-order valence-electron chi connectivity index (χ1n) is 15.5. The standard InChI is InChI=1S/C31H62O2/c1-3-5-7-9-11-13-14-15-16-17-18-19-20-21-22-23-25-27-29-31(32)33-30-28-26-24-12-10-8-6-4-2/h3-30H2,1-2H3. The highest BCUT2D eigenvalue weighted by Gasteiger charge is 2.02. The van der Waals surface area contributed by atoms with Gasteiger partial charge >= 0.3 is 5.97 Å². The molecule has 0 bridgehead atoms. The van der Waals surface area contributed by atoms with Gasteiger partial charge in [0, 0.05) is 6.42 Å². The van der Waals surface area contributed by atoms with Gasteiger partial charge in [-0.1, -0.05) is 168 Å². The van der Waals surface area contributed by atoms with Gasteiger partial charge in [0.15, 0.2) is 0 Å². The zero-order valence-corrected chi connectivity index (χ0v) is 23.1. The fourth-order valence-electron chi connectivity index (χ4n) is 4.67. The summed E-state index contributed by atoms with van der Waals surface area (Å²) in [7, 11) is 0. The molecule has 2 nitrogen and oxygen atoms in total. The van der Waals surface area contributed by atoms with Gasteiger partial charge in [-0.25, -0.2) is 0 Å². The monoisotopic (exact) mass is 466 g/mol. The Morgan fingerprint density at radius 1 is 0.394 bits per heavy atom. The molecule has 0 saturated heterocycles. The number of hydrogen-bond donors (Lipinski definition) is 0. The van der Waals surface area contributed by atoms with Gasteiger partial charge in [-0.15, -0.1) is 0 Å². The minimum atomic E-state index is 0.0226. The predicted octanol–water partition coefficient (Wildman–Crippen LogP) is 11.1. The highest BCUT2D eigenvalue weighted by Crippen LogP contribution is 2.15. The van der Waals surface area contributed by atoms with Crippen LogP contribution in [0.4, 0.5) is 0 Å². The fraction of sp³-hybridized carbons (Fsp3) is 0.968. The minimum absolute atomic E-state index is 0.0226. The van der Waals surface area contributed by atoms with Gasteiger partial charge in [-0.05, 0) is 12.8 Å². The van der Waals surface area contributed by atoms with E-state index >= 15 is 0 Å². The molecule has 0 aromatic rings. The summed E-state index contributed by atoms with van der Waals surface area (Å²) in [5, 5.41) is 0. The lowest BCUT2D eigenvalue weighted by Gasteiger charge is -2.05. The van der Waals surface area contributed by atoms with E-state index in [0.29, 0.717) is 13.0 Å². The first kappa shape index (κ1) is 32.5. The lowest BCUT2D eigenvalue weighted by atomic mass is 10.0. The van der Waals surface area contributed by atoms with E-state index in [1.807, 2.05) is 0 Å². The minimum Gasteiger partial charge on any atom is -0.466 e. The van der Waals surface area contributed by atoms with Gasteiger partial charge in [-0.3, -0.25) is 4.79 Å². The summed E-state index contributed by atoms with van der Waals surface area (Å²) < 4.78 is 5.38. The highest BCUT2D eigenvalue weighted by molar-refractivity contribution is 5.69. The second-order valence-electron chi connectivity index (χ2n) is 10.5. The molecule has 0 aromatic heterocycles. The molecule has 0 aliphatic heterocycles. The molecule has 198 valence electrons. The van der Waals surface area contributed by atoms with Gasteiger partial charge in [0.2, 0.25) is 0 Å². The van der Waals surface area contributed by atoms with Crippen molar-refractivity contribution in [1.29, 1.82) is 0 Å². The first-order chi connectivity index (χ1) is 16.3. The molecule has 0 atom stereocenters. The van der Waals surface area contributed by atoms with E-state index in [9.17, 15) is 4.79 Å². The zero-order valence-electron chi connectivity index (χ0n) is 23.1. The van der Waals surface area contributed by atoms with E-state index in [-0.39, 0.29) is 5.97 Å². The van der Waals surface area contributed by atoms with Crippen molar-refractivity contribution in [3.05, 3.63) is 0 Å². The molecule has 0 aliphatic carbocycles. The van der Waals surface area contributed by atoms with Crippen molar-refractivity contribution in [3.8, 4) is 0 Å². The molecule has 2 heteroatoms. The predicted molar refractivity (Wildman–Crippen MR) is 147 cm³/mol. The van der Waals surface area contributed by atoms with Crippen LogP contribution in [0.3, 0.4) is 0 Å². The van der Waals surface area contributed by atoms with Crippen molar-refractivity contribution in [2.75, 3.05) is 6.61 Å². The molecule has 0 N–H and O–H groups in total. The molecule has 0 aliphatic rings. The molecule has 0 rings (SSSR count). The van der Waals surface area contributed by atoms with Crippen LogP contribution in [0.5, 0.6) is 0 Å². The third-order valence-electron chi connectivity index (χ3n) is 7.00. The Morgan fingerprint density at radius 2 is 0.667 bits per heavy atom. The maximum absolute atomic E-state index is 11.8. The quantitative estimate of drug-likeness (QED) is 0.0846. The van der Waals surface area contributed by atoms with E-state index in [1.54, 1.807) is 0 Å². The molecule has 0 radical (unpaired) electrons. The van der Waals surface area contributed by atoms with E-state index in [4.69, 9.17) is 4.74 Å². The van der Waals surface area contributed by atoms with Gasteiger partial charge in [-0.2, -0.15) is 0 Å². The van der Waals surface area contributed by atoms with Crippen LogP contribution >= 0.6 is 0 Å². The summed E-state index contributed by atoms with van der Waals surface area (Å²) in [5.41, 5.74) is 0. The molecule has 0 heterocycles. The van der Waals surface area contributed by atoms with Crippen LogP contribution in [0.2, 0.25) is 0 Å². The number of carbonyl (C=O) groups excluding carboxylic acids is 1. The summed E-state index contributed by atoms with van der Waals surface area (Å²) in [6.07, 6.45) is 35.8. The smallest absolute Gasteiger partial charge is 0.305 e. The van der Waals surface area contributed by atoms with E-state index in [2.05, 4.69) is 13.8 Å². The summed E-state index contributed by atoms with van der Waals surface area (Å²) in [5.74, 6) is 0.0226. The van der Waals surface area contributed by atoms with Gasteiger partial charge < -0.3 is 4.74 Å². The van der Waals surface area contributed by atoms with Crippen molar-refractivity contribution >= 4 is 5.97 Å². The van der Waals surface area contributed by atoms with Crippen LogP contribution in [0.15, 0.2) is 0 Å². The zero-order chi connectivity index (χ0) is 24.1. The normalized spacial score (nSPS) is 11.2. The average Bonchev–Trinajstić information content (AvgIpc) is 2.82. The third-order valence-corrected chi connectivity index (χ3v) is 7.00. The number of esters is 1. The lowest BCUT2D eigenvalue weighted by molar-refractivity contribution is -0.143. The molecule has 0 aromatic carbocycles. The van der Waals surface area contributed by atoms with Crippen molar-refractivity contribution < 1.29 is 9.53 Å². The molecular formula is C31H62O2. The molecule has 0 unspecified atom stereocenters. The van der Waals surface area contributed by atoms with Gasteiger partial charge in [0.05, 0.1) is 6.61 Å². The van der Waals surface area contributed by atoms with Crippen LogP contribution in [-0.2, 0) is 9.53 Å². The van der Waals surface area contributed by atoms with E-state index in [0.717, 1.165) is 12.8 Å². The maximum atomic E-state index is 11.8. The van der Waals surface area contributed by atoms with Gasteiger partial charge in [0.1, 0.15) is 0 Å². The Kier molecular flexibility index (Phi) is 29.0.